The molecule has 0 aliphatic rings. The maximum absolute atomic E-state index is 12.2. The molecule has 0 unspecified atom stereocenters. The van der Waals surface area contributed by atoms with Crippen LogP contribution in [0.25, 0.3) is 5.69 Å². The number of aromatic nitrogens is 2. The van der Waals surface area contributed by atoms with E-state index in [1.165, 1.54) is 17.3 Å². The minimum atomic E-state index is -0.0138. The zero-order valence-corrected chi connectivity index (χ0v) is 15.4. The first-order valence-electron chi connectivity index (χ1n) is 8.15. The van der Waals surface area contributed by atoms with E-state index in [2.05, 4.69) is 10.4 Å². The molecule has 0 atom stereocenters. The van der Waals surface area contributed by atoms with Crippen molar-refractivity contribution in [1.82, 2.24) is 9.78 Å². The summed E-state index contributed by atoms with van der Waals surface area (Å²) in [5, 5.41) is 7.55. The summed E-state index contributed by atoms with van der Waals surface area (Å²) in [5.74, 6) is 0.343. The minimum Gasteiger partial charge on any atom is -0.325 e. The third-order valence-corrected chi connectivity index (χ3v) is 5.19. The van der Waals surface area contributed by atoms with Crippen LogP contribution >= 0.6 is 11.8 Å². The normalized spacial score (nSPS) is 10.7. The van der Waals surface area contributed by atoms with Crippen LogP contribution in [0.1, 0.15) is 17.0 Å². The second-order valence-electron chi connectivity index (χ2n) is 5.95. The van der Waals surface area contributed by atoms with Gasteiger partial charge < -0.3 is 5.32 Å². The zero-order valence-electron chi connectivity index (χ0n) is 14.6. The van der Waals surface area contributed by atoms with Gasteiger partial charge in [0, 0.05) is 5.69 Å². The van der Waals surface area contributed by atoms with Crippen LogP contribution in [0.5, 0.6) is 0 Å². The molecule has 1 amide bonds. The number of carbonyl (C=O) groups is 1. The van der Waals surface area contributed by atoms with Crippen molar-refractivity contribution in [3.8, 4) is 5.69 Å². The highest BCUT2D eigenvalue weighted by atomic mass is 32.2. The lowest BCUT2D eigenvalue weighted by Crippen LogP contribution is -2.14. The summed E-state index contributed by atoms with van der Waals surface area (Å²) < 4.78 is 1.93. The molecule has 1 heterocycles. The van der Waals surface area contributed by atoms with Crippen molar-refractivity contribution in [1.29, 1.82) is 0 Å². The third-order valence-electron chi connectivity index (χ3n) is 3.91. The van der Waals surface area contributed by atoms with Gasteiger partial charge >= 0.3 is 0 Å². The number of rotatable bonds is 5. The van der Waals surface area contributed by atoms with E-state index in [1.807, 2.05) is 80.1 Å². The Bertz CT molecular complexity index is 870. The molecule has 1 aromatic heterocycles. The molecule has 128 valence electrons. The van der Waals surface area contributed by atoms with Gasteiger partial charge in [0.25, 0.3) is 0 Å². The number of para-hydroxylation sites is 1. The molecule has 4 nitrogen and oxygen atoms in total. The van der Waals surface area contributed by atoms with E-state index in [0.29, 0.717) is 5.75 Å². The highest BCUT2D eigenvalue weighted by Gasteiger charge is 2.14. The van der Waals surface area contributed by atoms with Gasteiger partial charge in [0.1, 0.15) is 0 Å². The van der Waals surface area contributed by atoms with Crippen molar-refractivity contribution in [3.05, 3.63) is 71.5 Å². The van der Waals surface area contributed by atoms with Gasteiger partial charge in [-0.15, -0.1) is 11.8 Å². The fourth-order valence-corrected chi connectivity index (χ4v) is 3.52. The average Bonchev–Trinajstić information content (AvgIpc) is 2.90. The quantitative estimate of drug-likeness (QED) is 0.687. The lowest BCUT2D eigenvalue weighted by atomic mass is 10.2. The summed E-state index contributed by atoms with van der Waals surface area (Å²) >= 11 is 1.52. The molecule has 0 saturated carbocycles. The van der Waals surface area contributed by atoms with Crippen molar-refractivity contribution in [2.45, 2.75) is 25.7 Å². The highest BCUT2D eigenvalue weighted by Crippen LogP contribution is 2.28. The second-order valence-corrected chi connectivity index (χ2v) is 6.94. The van der Waals surface area contributed by atoms with Crippen LogP contribution in [0.15, 0.2) is 59.5 Å². The Morgan fingerprint density at radius 3 is 2.40 bits per heavy atom. The van der Waals surface area contributed by atoms with Gasteiger partial charge in [-0.2, -0.15) is 5.10 Å². The van der Waals surface area contributed by atoms with Crippen molar-refractivity contribution in [2.24, 2.45) is 0 Å². The lowest BCUT2D eigenvalue weighted by Gasteiger charge is -2.07. The molecule has 0 spiro atoms. The Balaban J connectivity index is 1.68. The Morgan fingerprint density at radius 2 is 1.72 bits per heavy atom. The molecule has 5 heteroatoms. The van der Waals surface area contributed by atoms with Gasteiger partial charge in [-0.25, -0.2) is 4.68 Å². The van der Waals surface area contributed by atoms with Crippen LogP contribution in [0.3, 0.4) is 0 Å². The highest BCUT2D eigenvalue weighted by molar-refractivity contribution is 8.00. The Kier molecular flexibility index (Phi) is 5.24. The van der Waals surface area contributed by atoms with E-state index in [9.17, 15) is 4.79 Å². The summed E-state index contributed by atoms with van der Waals surface area (Å²) in [4.78, 5) is 13.3. The number of aryl methyl sites for hydroxylation is 2. The molecule has 0 saturated heterocycles. The average molecular weight is 351 g/mol. The second kappa shape index (κ2) is 7.57. The smallest absolute Gasteiger partial charge is 0.234 e. The number of carbonyl (C=O) groups excluding carboxylic acids is 1. The van der Waals surface area contributed by atoms with Gasteiger partial charge in [0.2, 0.25) is 5.91 Å². The van der Waals surface area contributed by atoms with E-state index in [0.717, 1.165) is 27.7 Å². The number of hydrogen-bond acceptors (Lipinski definition) is 3. The first kappa shape index (κ1) is 17.3. The summed E-state index contributed by atoms with van der Waals surface area (Å²) in [6, 6.07) is 17.8. The Labute approximate surface area is 152 Å². The maximum Gasteiger partial charge on any atom is 0.234 e. The van der Waals surface area contributed by atoms with Gasteiger partial charge in [0.05, 0.1) is 27.7 Å². The molecule has 2 aromatic carbocycles. The fourth-order valence-electron chi connectivity index (χ4n) is 2.63. The molecule has 0 bridgehead atoms. The minimum absolute atomic E-state index is 0.0138. The number of nitrogens with one attached hydrogen (secondary N) is 1. The first-order chi connectivity index (χ1) is 12.0. The lowest BCUT2D eigenvalue weighted by molar-refractivity contribution is -0.113. The number of thioether (sulfide) groups is 1. The summed E-state index contributed by atoms with van der Waals surface area (Å²) in [5.41, 5.74) is 5.02. The number of anilines is 1. The number of hydrogen-bond donors (Lipinski definition) is 1. The molecule has 0 aliphatic heterocycles. The SMILES string of the molecule is Cc1ccc(NC(=O)CSc2c(C)nn(-c3ccccc3)c2C)cc1. The fraction of sp³-hybridized carbons (Fsp3) is 0.200. The third kappa shape index (κ3) is 4.12. The Hall–Kier alpha value is -2.53. The van der Waals surface area contributed by atoms with Crippen LogP contribution in [-0.2, 0) is 4.79 Å². The largest absolute Gasteiger partial charge is 0.325 e. The molecule has 1 N–H and O–H groups in total. The van der Waals surface area contributed by atoms with E-state index in [4.69, 9.17) is 0 Å². The molecule has 3 rings (SSSR count). The van der Waals surface area contributed by atoms with Gasteiger partial charge in [0.15, 0.2) is 0 Å². The van der Waals surface area contributed by atoms with Gasteiger partial charge in [-0.1, -0.05) is 35.9 Å². The monoisotopic (exact) mass is 351 g/mol. The van der Waals surface area contributed by atoms with Crippen molar-refractivity contribution in [3.63, 3.8) is 0 Å². The first-order valence-corrected chi connectivity index (χ1v) is 9.14. The molecule has 3 aromatic rings. The predicted molar refractivity (Wildman–Crippen MR) is 104 cm³/mol. The van der Waals surface area contributed by atoms with E-state index in [-0.39, 0.29) is 5.91 Å². The van der Waals surface area contributed by atoms with Gasteiger partial charge in [-0.3, -0.25) is 4.79 Å². The zero-order chi connectivity index (χ0) is 17.8. The maximum atomic E-state index is 12.2. The Morgan fingerprint density at radius 1 is 1.04 bits per heavy atom. The van der Waals surface area contributed by atoms with Crippen LogP contribution in [0, 0.1) is 20.8 Å². The summed E-state index contributed by atoms with van der Waals surface area (Å²) in [7, 11) is 0. The molecule has 0 fully saturated rings. The summed E-state index contributed by atoms with van der Waals surface area (Å²) in [6.45, 7) is 6.04. The van der Waals surface area contributed by atoms with Crippen LogP contribution in [-0.4, -0.2) is 21.4 Å². The molecule has 0 aliphatic carbocycles. The molecular weight excluding hydrogens is 330 g/mol. The number of nitrogens with zero attached hydrogens (tertiary/aromatic N) is 2. The van der Waals surface area contributed by atoms with E-state index < -0.39 is 0 Å². The van der Waals surface area contributed by atoms with Crippen LogP contribution in [0.2, 0.25) is 0 Å². The van der Waals surface area contributed by atoms with Crippen LogP contribution in [0.4, 0.5) is 5.69 Å². The van der Waals surface area contributed by atoms with E-state index in [1.54, 1.807) is 0 Å². The molecular formula is C20H21N3OS. The number of amides is 1. The molecule has 0 radical (unpaired) electrons. The summed E-state index contributed by atoms with van der Waals surface area (Å²) in [6.07, 6.45) is 0. The number of benzene rings is 2. The van der Waals surface area contributed by atoms with Gasteiger partial charge in [-0.05, 0) is 45.0 Å². The van der Waals surface area contributed by atoms with Crippen molar-refractivity contribution < 1.29 is 4.79 Å². The standard InChI is InChI=1S/C20H21N3OS/c1-14-9-11-17(12-10-14)21-19(24)13-25-20-15(2)22-23(16(20)3)18-7-5-4-6-8-18/h4-12H,13H2,1-3H3,(H,21,24). The predicted octanol–water partition coefficient (Wildman–Crippen LogP) is 4.53. The van der Waals surface area contributed by atoms with Crippen LogP contribution < -0.4 is 5.32 Å². The topological polar surface area (TPSA) is 46.9 Å². The van der Waals surface area contributed by atoms with Crippen molar-refractivity contribution >= 4 is 23.4 Å². The van der Waals surface area contributed by atoms with E-state index >= 15 is 0 Å². The van der Waals surface area contributed by atoms with Crippen molar-refractivity contribution in [2.75, 3.05) is 11.1 Å². The molecule has 25 heavy (non-hydrogen) atoms.